The molecule has 1 aliphatic heterocycles. The third-order valence-electron chi connectivity index (χ3n) is 4.58. The van der Waals surface area contributed by atoms with Crippen LogP contribution in [-0.4, -0.2) is 16.8 Å². The highest BCUT2D eigenvalue weighted by molar-refractivity contribution is 6.37. The smallest absolute Gasteiger partial charge is 0.258 e. The summed E-state index contributed by atoms with van der Waals surface area (Å²) in [5.74, 6) is -0.366. The van der Waals surface area contributed by atoms with Crippen LogP contribution in [-0.2, 0) is 9.59 Å². The Balaban J connectivity index is 1.84. The Hall–Kier alpha value is -3.93. The second kappa shape index (κ2) is 7.59. The van der Waals surface area contributed by atoms with Crippen LogP contribution in [0.2, 0.25) is 0 Å². The lowest BCUT2D eigenvalue weighted by atomic mass is 10.00. The van der Waals surface area contributed by atoms with Gasteiger partial charge in [0.05, 0.1) is 28.8 Å². The predicted octanol–water partition coefficient (Wildman–Crippen LogP) is 4.28. The second-order valence-corrected chi connectivity index (χ2v) is 6.82. The number of benzene rings is 2. The summed E-state index contributed by atoms with van der Waals surface area (Å²) in [6.45, 7) is 3.37. The summed E-state index contributed by atoms with van der Waals surface area (Å²) < 4.78 is 0. The minimum absolute atomic E-state index is 0.163. The van der Waals surface area contributed by atoms with E-state index in [2.05, 4.69) is 20.9 Å². The van der Waals surface area contributed by atoms with Crippen molar-refractivity contribution < 1.29 is 9.59 Å². The maximum atomic E-state index is 12.9. The highest BCUT2D eigenvalue weighted by atomic mass is 16.2. The van der Waals surface area contributed by atoms with Gasteiger partial charge in [-0.05, 0) is 42.8 Å². The van der Waals surface area contributed by atoms with Gasteiger partial charge >= 0.3 is 0 Å². The van der Waals surface area contributed by atoms with Crippen molar-refractivity contribution in [3.8, 4) is 0 Å². The molecule has 0 radical (unpaired) electrons. The van der Waals surface area contributed by atoms with Crippen LogP contribution in [0.3, 0.4) is 0 Å². The molecule has 0 fully saturated rings. The molecule has 6 heteroatoms. The first-order chi connectivity index (χ1) is 14.0. The van der Waals surface area contributed by atoms with Crippen LogP contribution < -0.4 is 16.0 Å². The van der Waals surface area contributed by atoms with Crippen molar-refractivity contribution in [3.05, 3.63) is 83.7 Å². The van der Waals surface area contributed by atoms with E-state index in [1.165, 1.54) is 6.92 Å². The monoisotopic (exact) mass is 384 g/mol. The van der Waals surface area contributed by atoms with Crippen molar-refractivity contribution in [2.24, 2.45) is 0 Å². The Kier molecular flexibility index (Phi) is 4.83. The van der Waals surface area contributed by atoms with Gasteiger partial charge in [0.15, 0.2) is 0 Å². The lowest BCUT2D eigenvalue weighted by Gasteiger charge is -2.14. The van der Waals surface area contributed by atoms with Gasteiger partial charge in [-0.3, -0.25) is 14.6 Å². The summed E-state index contributed by atoms with van der Waals surface area (Å²) >= 11 is 0. The number of aromatic nitrogens is 1. The van der Waals surface area contributed by atoms with E-state index in [1.807, 2.05) is 55.5 Å². The molecule has 6 nitrogen and oxygen atoms in total. The second-order valence-electron chi connectivity index (χ2n) is 6.82. The van der Waals surface area contributed by atoms with Gasteiger partial charge in [0.25, 0.3) is 5.91 Å². The number of amides is 2. The Morgan fingerprint density at radius 1 is 0.966 bits per heavy atom. The number of pyridine rings is 1. The van der Waals surface area contributed by atoms with Crippen molar-refractivity contribution in [3.63, 3.8) is 0 Å². The Morgan fingerprint density at radius 3 is 2.41 bits per heavy atom. The zero-order chi connectivity index (χ0) is 20.4. The number of carbonyl (C=O) groups excluding carboxylic acids is 2. The lowest BCUT2D eigenvalue weighted by molar-refractivity contribution is -0.114. The minimum Gasteiger partial charge on any atom is -0.353 e. The van der Waals surface area contributed by atoms with Gasteiger partial charge in [-0.2, -0.15) is 0 Å². The van der Waals surface area contributed by atoms with Gasteiger partial charge < -0.3 is 16.0 Å². The zero-order valence-corrected chi connectivity index (χ0v) is 16.1. The molecule has 3 N–H and O–H groups in total. The molecule has 0 unspecified atom stereocenters. The van der Waals surface area contributed by atoms with E-state index in [0.29, 0.717) is 22.6 Å². The zero-order valence-electron chi connectivity index (χ0n) is 16.1. The summed E-state index contributed by atoms with van der Waals surface area (Å²) in [6, 6.07) is 18.9. The fraction of sp³-hybridized carbons (Fsp3) is 0.0870. The maximum Gasteiger partial charge on any atom is 0.258 e. The highest BCUT2D eigenvalue weighted by Gasteiger charge is 2.28. The van der Waals surface area contributed by atoms with E-state index in [4.69, 9.17) is 0 Å². The molecule has 0 bridgehead atoms. The summed E-state index contributed by atoms with van der Waals surface area (Å²) in [4.78, 5) is 28.6. The molecule has 1 aliphatic rings. The van der Waals surface area contributed by atoms with Gasteiger partial charge in [-0.25, -0.2) is 0 Å². The molecule has 0 atom stereocenters. The predicted molar refractivity (Wildman–Crippen MR) is 115 cm³/mol. The van der Waals surface area contributed by atoms with E-state index in [0.717, 1.165) is 22.5 Å². The van der Waals surface area contributed by atoms with Crippen LogP contribution in [0.1, 0.15) is 23.7 Å². The molecule has 2 heterocycles. The molecule has 0 spiro atoms. The number of fused-ring (bicyclic) bond motifs is 1. The maximum absolute atomic E-state index is 12.9. The molecule has 2 aromatic carbocycles. The molecular weight excluding hydrogens is 364 g/mol. The van der Waals surface area contributed by atoms with Gasteiger partial charge in [0, 0.05) is 23.9 Å². The van der Waals surface area contributed by atoms with E-state index in [1.54, 1.807) is 18.3 Å². The number of carbonyl (C=O) groups is 2. The van der Waals surface area contributed by atoms with Gasteiger partial charge in [0.2, 0.25) is 5.91 Å². The van der Waals surface area contributed by atoms with Crippen LogP contribution in [0, 0.1) is 6.92 Å². The quantitative estimate of drug-likeness (QED) is 0.586. The lowest BCUT2D eigenvalue weighted by Crippen LogP contribution is -2.10. The molecule has 1 aromatic heterocycles. The van der Waals surface area contributed by atoms with Gasteiger partial charge in [-0.1, -0.05) is 30.3 Å². The van der Waals surface area contributed by atoms with E-state index < -0.39 is 0 Å². The van der Waals surface area contributed by atoms with Crippen molar-refractivity contribution >= 4 is 40.1 Å². The van der Waals surface area contributed by atoms with Crippen molar-refractivity contribution in [2.45, 2.75) is 13.8 Å². The van der Waals surface area contributed by atoms with E-state index in [9.17, 15) is 9.59 Å². The van der Waals surface area contributed by atoms with Crippen molar-refractivity contribution in [1.82, 2.24) is 4.98 Å². The first-order valence-corrected chi connectivity index (χ1v) is 9.24. The average molecular weight is 384 g/mol. The Morgan fingerprint density at radius 2 is 1.72 bits per heavy atom. The fourth-order valence-corrected chi connectivity index (χ4v) is 3.27. The molecule has 2 amide bonds. The number of rotatable bonds is 4. The summed E-state index contributed by atoms with van der Waals surface area (Å²) in [7, 11) is 0. The summed E-state index contributed by atoms with van der Waals surface area (Å²) in [5.41, 5.74) is 5.90. The van der Waals surface area contributed by atoms with Gasteiger partial charge in [-0.15, -0.1) is 0 Å². The standard InChI is InChI=1S/C23H20N4O2/c1-14-8-9-18(13-24-14)26-22(16-6-4-3-5-7-16)21-19-11-10-17(25-15(2)28)12-20(19)27-23(21)29/h3-13,26H,1-2H3,(H,25,28)(H,27,29)/b22-21-. The number of nitrogens with one attached hydrogen (secondary N) is 3. The molecule has 4 rings (SSSR count). The largest absolute Gasteiger partial charge is 0.353 e. The molecule has 0 saturated heterocycles. The normalized spacial score (nSPS) is 14.1. The summed E-state index contributed by atoms with van der Waals surface area (Å²) in [6.07, 6.45) is 1.74. The molecule has 29 heavy (non-hydrogen) atoms. The SMILES string of the molecule is CC(=O)Nc1ccc2c(c1)NC(=O)/C2=C(\Nc1ccc(C)nc1)c1ccccc1. The van der Waals surface area contributed by atoms with Crippen LogP contribution in [0.4, 0.5) is 17.1 Å². The van der Waals surface area contributed by atoms with Crippen LogP contribution in [0.15, 0.2) is 66.9 Å². The van der Waals surface area contributed by atoms with Crippen LogP contribution >= 0.6 is 0 Å². The Labute approximate surface area is 168 Å². The first-order valence-electron chi connectivity index (χ1n) is 9.24. The van der Waals surface area contributed by atoms with Crippen molar-refractivity contribution in [2.75, 3.05) is 16.0 Å². The van der Waals surface area contributed by atoms with Gasteiger partial charge in [0.1, 0.15) is 0 Å². The fourth-order valence-electron chi connectivity index (χ4n) is 3.27. The molecule has 144 valence electrons. The summed E-state index contributed by atoms with van der Waals surface area (Å²) in [5, 5.41) is 9.01. The molecule has 0 saturated carbocycles. The number of hydrogen-bond donors (Lipinski definition) is 3. The average Bonchev–Trinajstić information content (AvgIpc) is 3.02. The van der Waals surface area contributed by atoms with Crippen molar-refractivity contribution in [1.29, 1.82) is 0 Å². The number of nitrogens with zero attached hydrogens (tertiary/aromatic N) is 1. The molecular formula is C23H20N4O2. The minimum atomic E-state index is -0.202. The number of aryl methyl sites for hydroxylation is 1. The Bertz CT molecular complexity index is 1120. The van der Waals surface area contributed by atoms with Crippen LogP contribution in [0.5, 0.6) is 0 Å². The van der Waals surface area contributed by atoms with E-state index in [-0.39, 0.29) is 11.8 Å². The number of anilines is 3. The number of hydrogen-bond acceptors (Lipinski definition) is 4. The molecule has 3 aromatic rings. The highest BCUT2D eigenvalue weighted by Crippen LogP contribution is 2.38. The first kappa shape index (κ1) is 18.4. The third kappa shape index (κ3) is 3.87. The topological polar surface area (TPSA) is 83.1 Å². The van der Waals surface area contributed by atoms with E-state index >= 15 is 0 Å². The van der Waals surface area contributed by atoms with Crippen LogP contribution in [0.25, 0.3) is 11.3 Å². The third-order valence-corrected chi connectivity index (χ3v) is 4.58. The molecule has 0 aliphatic carbocycles.